The van der Waals surface area contributed by atoms with Gasteiger partial charge in [0, 0.05) is 12.1 Å². The molecule has 1 aromatic carbocycles. The van der Waals surface area contributed by atoms with Crippen molar-refractivity contribution in [3.63, 3.8) is 0 Å². The van der Waals surface area contributed by atoms with Crippen molar-refractivity contribution in [1.29, 1.82) is 0 Å². The molecule has 4 N–H and O–H groups in total. The first-order valence-corrected chi connectivity index (χ1v) is 5.65. The van der Waals surface area contributed by atoms with Crippen LogP contribution in [0.25, 0.3) is 0 Å². The lowest BCUT2D eigenvalue weighted by Crippen LogP contribution is -2.16. The molecule has 86 valence electrons. The summed E-state index contributed by atoms with van der Waals surface area (Å²) in [5, 5.41) is 12.7. The molecule has 0 saturated carbocycles. The molecule has 0 aliphatic carbocycles. The van der Waals surface area contributed by atoms with Gasteiger partial charge in [0.25, 0.3) is 0 Å². The number of nitrogens with two attached hydrogens (primary N) is 1. The summed E-state index contributed by atoms with van der Waals surface area (Å²) < 4.78 is 0. The molecule has 3 heteroatoms. The van der Waals surface area contributed by atoms with Crippen LogP contribution >= 0.6 is 0 Å². The van der Waals surface area contributed by atoms with Crippen molar-refractivity contribution in [3.05, 3.63) is 41.2 Å². The number of hydrogen-bond donors (Lipinski definition) is 3. The Morgan fingerprint density at radius 2 is 2.12 bits per heavy atom. The van der Waals surface area contributed by atoms with Crippen LogP contribution < -0.4 is 11.1 Å². The molecule has 0 bridgehead atoms. The topological polar surface area (TPSA) is 58.3 Å². The van der Waals surface area contributed by atoms with Crippen LogP contribution in [0.1, 0.15) is 16.7 Å². The minimum Gasteiger partial charge on any atom is -0.513 e. The first-order chi connectivity index (χ1) is 7.68. The van der Waals surface area contributed by atoms with E-state index in [1.165, 1.54) is 11.1 Å². The number of nitrogens with one attached hydrogen (secondary N) is 1. The zero-order valence-corrected chi connectivity index (χ0v) is 9.42. The van der Waals surface area contributed by atoms with Gasteiger partial charge in [-0.25, -0.2) is 0 Å². The number of aliphatic hydroxyl groups excluding tert-OH is 1. The Morgan fingerprint density at radius 1 is 1.38 bits per heavy atom. The monoisotopic (exact) mass is 218 g/mol. The number of aliphatic hydroxyl groups is 1. The second-order valence-corrected chi connectivity index (χ2v) is 4.26. The van der Waals surface area contributed by atoms with Crippen molar-refractivity contribution in [2.24, 2.45) is 0 Å². The molecular weight excluding hydrogens is 200 g/mol. The molecule has 0 fully saturated rings. The smallest absolute Gasteiger partial charge is 0.0895 e. The van der Waals surface area contributed by atoms with E-state index >= 15 is 0 Å². The lowest BCUT2D eigenvalue weighted by Gasteiger charge is -2.14. The van der Waals surface area contributed by atoms with Gasteiger partial charge in [-0.05, 0) is 48.7 Å². The highest BCUT2D eigenvalue weighted by Crippen LogP contribution is 2.25. The summed E-state index contributed by atoms with van der Waals surface area (Å²) in [6.45, 7) is 5.53. The van der Waals surface area contributed by atoms with E-state index in [0.717, 1.165) is 37.2 Å². The summed E-state index contributed by atoms with van der Waals surface area (Å²) in [5.74, 6) is 0.178. The van der Waals surface area contributed by atoms with Crippen LogP contribution in [0.4, 0.5) is 5.69 Å². The largest absolute Gasteiger partial charge is 0.513 e. The van der Waals surface area contributed by atoms with Gasteiger partial charge in [-0.3, -0.25) is 0 Å². The highest BCUT2D eigenvalue weighted by Gasteiger charge is 2.14. The molecule has 16 heavy (non-hydrogen) atoms. The van der Waals surface area contributed by atoms with Crippen LogP contribution in [0.15, 0.2) is 24.5 Å². The van der Waals surface area contributed by atoms with Gasteiger partial charge in [-0.1, -0.05) is 12.6 Å². The molecule has 1 heterocycles. The first kappa shape index (κ1) is 11.0. The molecule has 1 aromatic rings. The maximum atomic E-state index is 9.34. The molecule has 0 saturated heterocycles. The van der Waals surface area contributed by atoms with Crippen LogP contribution in [0.5, 0.6) is 0 Å². The van der Waals surface area contributed by atoms with Crippen molar-refractivity contribution >= 4 is 5.69 Å². The Kier molecular flexibility index (Phi) is 3.15. The normalized spacial score (nSPS) is 15.2. The minimum atomic E-state index is 0.178. The van der Waals surface area contributed by atoms with E-state index in [1.807, 2.05) is 6.07 Å². The quantitative estimate of drug-likeness (QED) is 0.521. The van der Waals surface area contributed by atoms with E-state index in [9.17, 15) is 5.11 Å². The number of allylic oxidation sites excluding steroid dienone is 1. The summed E-state index contributed by atoms with van der Waals surface area (Å²) in [7, 11) is 0. The fourth-order valence-corrected chi connectivity index (χ4v) is 2.28. The molecule has 3 nitrogen and oxygen atoms in total. The third-order valence-corrected chi connectivity index (χ3v) is 3.07. The molecule has 0 atom stereocenters. The maximum absolute atomic E-state index is 9.34. The Bertz CT molecular complexity index is 413. The minimum absolute atomic E-state index is 0.178. The van der Waals surface area contributed by atoms with Crippen LogP contribution in [-0.4, -0.2) is 18.2 Å². The lowest BCUT2D eigenvalue weighted by molar-refractivity contribution is 0.401. The fourth-order valence-electron chi connectivity index (χ4n) is 2.28. The van der Waals surface area contributed by atoms with E-state index in [-0.39, 0.29) is 5.76 Å². The van der Waals surface area contributed by atoms with E-state index in [2.05, 4.69) is 18.0 Å². The summed E-state index contributed by atoms with van der Waals surface area (Å²) in [5.41, 5.74) is 10.4. The molecule has 1 aliphatic rings. The number of fused-ring (bicyclic) bond motifs is 1. The van der Waals surface area contributed by atoms with Crippen molar-refractivity contribution in [3.8, 4) is 0 Å². The number of rotatable bonds is 2. The van der Waals surface area contributed by atoms with E-state index in [0.29, 0.717) is 6.42 Å². The van der Waals surface area contributed by atoms with Crippen LogP contribution in [-0.2, 0) is 19.3 Å². The Labute approximate surface area is 96.0 Å². The van der Waals surface area contributed by atoms with Crippen molar-refractivity contribution in [1.82, 2.24) is 5.32 Å². The van der Waals surface area contributed by atoms with Gasteiger partial charge in [0.15, 0.2) is 0 Å². The fraction of sp³-hybridized carbons (Fsp3) is 0.385. The van der Waals surface area contributed by atoms with Crippen LogP contribution in [0.3, 0.4) is 0 Å². The lowest BCUT2D eigenvalue weighted by atomic mass is 9.93. The Hall–Kier alpha value is -1.48. The molecule has 0 radical (unpaired) electrons. The van der Waals surface area contributed by atoms with Crippen molar-refractivity contribution in [2.45, 2.75) is 19.3 Å². The SMILES string of the molecule is C=C(O)Cc1c(N)ccc2c1CCNCC2. The highest BCUT2D eigenvalue weighted by molar-refractivity contribution is 5.55. The van der Waals surface area contributed by atoms with Gasteiger partial charge < -0.3 is 16.2 Å². The van der Waals surface area contributed by atoms with Gasteiger partial charge in [0.05, 0.1) is 5.76 Å². The predicted octanol–water partition coefficient (Wildman–Crippen LogP) is 1.57. The van der Waals surface area contributed by atoms with E-state index in [1.54, 1.807) is 0 Å². The van der Waals surface area contributed by atoms with Crippen LogP contribution in [0.2, 0.25) is 0 Å². The molecule has 2 rings (SSSR count). The van der Waals surface area contributed by atoms with Gasteiger partial charge >= 0.3 is 0 Å². The highest BCUT2D eigenvalue weighted by atomic mass is 16.3. The molecule has 0 aromatic heterocycles. The predicted molar refractivity (Wildman–Crippen MR) is 66.6 cm³/mol. The number of anilines is 1. The zero-order valence-electron chi connectivity index (χ0n) is 9.42. The molecule has 0 amide bonds. The summed E-state index contributed by atoms with van der Waals surface area (Å²) in [4.78, 5) is 0. The summed E-state index contributed by atoms with van der Waals surface area (Å²) in [6, 6.07) is 4.03. The van der Waals surface area contributed by atoms with E-state index in [4.69, 9.17) is 5.73 Å². The molecule has 0 spiro atoms. The average molecular weight is 218 g/mol. The second-order valence-electron chi connectivity index (χ2n) is 4.26. The molecular formula is C13H18N2O. The van der Waals surface area contributed by atoms with Gasteiger partial charge in [0.2, 0.25) is 0 Å². The third-order valence-electron chi connectivity index (χ3n) is 3.07. The molecule has 1 aliphatic heterocycles. The summed E-state index contributed by atoms with van der Waals surface area (Å²) in [6.07, 6.45) is 2.47. The van der Waals surface area contributed by atoms with Gasteiger partial charge in [-0.2, -0.15) is 0 Å². The first-order valence-electron chi connectivity index (χ1n) is 5.65. The Balaban J connectivity index is 2.44. The second kappa shape index (κ2) is 4.58. The van der Waals surface area contributed by atoms with Crippen molar-refractivity contribution < 1.29 is 5.11 Å². The zero-order chi connectivity index (χ0) is 11.5. The maximum Gasteiger partial charge on any atom is 0.0895 e. The Morgan fingerprint density at radius 3 is 2.88 bits per heavy atom. The number of benzene rings is 1. The van der Waals surface area contributed by atoms with Crippen LogP contribution in [0, 0.1) is 0 Å². The average Bonchev–Trinajstić information content (AvgIpc) is 2.47. The van der Waals surface area contributed by atoms with Crippen molar-refractivity contribution in [2.75, 3.05) is 18.8 Å². The van der Waals surface area contributed by atoms with E-state index < -0.39 is 0 Å². The summed E-state index contributed by atoms with van der Waals surface area (Å²) >= 11 is 0. The van der Waals surface area contributed by atoms with Gasteiger partial charge in [0.1, 0.15) is 0 Å². The number of hydrogen-bond acceptors (Lipinski definition) is 3. The van der Waals surface area contributed by atoms with Gasteiger partial charge in [-0.15, -0.1) is 0 Å². The standard InChI is InChI=1S/C13H18N2O/c1-9(16)8-12-11-5-7-15-6-4-10(11)2-3-13(12)14/h2-3,15-16H,1,4-8,14H2. The molecule has 0 unspecified atom stereocenters. The number of nitrogen functional groups attached to an aromatic ring is 1. The third kappa shape index (κ3) is 2.19.